The molecule has 0 unspecified atom stereocenters. The van der Waals surface area contributed by atoms with Gasteiger partial charge in [0.15, 0.2) is 0 Å². The van der Waals surface area contributed by atoms with E-state index in [0.29, 0.717) is 0 Å². The minimum atomic E-state index is 0.730. The van der Waals surface area contributed by atoms with E-state index in [1.165, 1.54) is 24.4 Å². The Hall–Kier alpha value is -0.720. The Morgan fingerprint density at radius 2 is 2.24 bits per heavy atom. The summed E-state index contributed by atoms with van der Waals surface area (Å²) in [6.07, 6.45) is 2.45. The van der Waals surface area contributed by atoms with Crippen molar-refractivity contribution in [3.05, 3.63) is 5.69 Å². The molecule has 1 aliphatic heterocycles. The second-order valence-corrected chi connectivity index (χ2v) is 5.23. The van der Waals surface area contributed by atoms with Crippen molar-refractivity contribution in [3.63, 3.8) is 0 Å². The van der Waals surface area contributed by atoms with Crippen LogP contribution in [0.25, 0.3) is 0 Å². The Labute approximate surface area is 106 Å². The number of nitrogens with zero attached hydrogens (tertiary/aromatic N) is 3. The highest BCUT2D eigenvalue weighted by Crippen LogP contribution is 2.22. The van der Waals surface area contributed by atoms with Gasteiger partial charge in [-0.2, -0.15) is 0 Å². The minimum Gasteiger partial charge on any atom is -0.384 e. The minimum absolute atomic E-state index is 0.730. The van der Waals surface area contributed by atoms with Gasteiger partial charge in [-0.3, -0.25) is 4.90 Å². The van der Waals surface area contributed by atoms with E-state index in [2.05, 4.69) is 19.8 Å². The number of rotatable bonds is 5. The maximum atomic E-state index is 5.21. The van der Waals surface area contributed by atoms with E-state index in [1.54, 1.807) is 7.11 Å². The topological polar surface area (TPSA) is 50.3 Å². The number of piperidine rings is 1. The lowest BCUT2D eigenvalue weighted by molar-refractivity contribution is 0.0964. The van der Waals surface area contributed by atoms with Gasteiger partial charge >= 0.3 is 0 Å². The average molecular weight is 256 g/mol. The molecular formula is C11H20N4OS. The SMILES string of the molecule is CNc1snnc1CN1CCC(COC)CC1. The first-order chi connectivity index (χ1) is 8.33. The third-order valence-corrected chi connectivity index (χ3v) is 4.05. The van der Waals surface area contributed by atoms with Crippen molar-refractivity contribution in [2.24, 2.45) is 5.92 Å². The number of likely N-dealkylation sites (tertiary alicyclic amines) is 1. The van der Waals surface area contributed by atoms with Crippen LogP contribution in [0.1, 0.15) is 18.5 Å². The molecule has 0 atom stereocenters. The molecule has 0 saturated carbocycles. The first-order valence-corrected chi connectivity index (χ1v) is 6.81. The van der Waals surface area contributed by atoms with Gasteiger partial charge < -0.3 is 10.1 Å². The quantitative estimate of drug-likeness (QED) is 0.864. The molecule has 1 aromatic heterocycles. The first-order valence-electron chi connectivity index (χ1n) is 6.03. The van der Waals surface area contributed by atoms with E-state index in [1.807, 2.05) is 7.05 Å². The van der Waals surface area contributed by atoms with E-state index < -0.39 is 0 Å². The van der Waals surface area contributed by atoms with Crippen molar-refractivity contribution in [1.82, 2.24) is 14.5 Å². The smallest absolute Gasteiger partial charge is 0.134 e. The van der Waals surface area contributed by atoms with Gasteiger partial charge in [-0.15, -0.1) is 5.10 Å². The average Bonchev–Trinajstić information content (AvgIpc) is 2.79. The second kappa shape index (κ2) is 6.28. The molecule has 0 aromatic carbocycles. The maximum absolute atomic E-state index is 5.21. The lowest BCUT2D eigenvalue weighted by Crippen LogP contribution is -2.34. The predicted molar refractivity (Wildman–Crippen MR) is 69.3 cm³/mol. The fraction of sp³-hybridized carbons (Fsp3) is 0.818. The number of hydrogen-bond acceptors (Lipinski definition) is 6. The fourth-order valence-electron chi connectivity index (χ4n) is 2.26. The van der Waals surface area contributed by atoms with E-state index in [9.17, 15) is 0 Å². The third kappa shape index (κ3) is 3.37. The first kappa shape index (κ1) is 12.7. The van der Waals surface area contributed by atoms with Crippen LogP contribution in [0.4, 0.5) is 5.00 Å². The molecule has 0 aliphatic carbocycles. The van der Waals surface area contributed by atoms with Gasteiger partial charge in [0, 0.05) is 38.8 Å². The molecule has 1 N–H and O–H groups in total. The van der Waals surface area contributed by atoms with Crippen LogP contribution in [0.2, 0.25) is 0 Å². The number of nitrogens with one attached hydrogen (secondary N) is 1. The van der Waals surface area contributed by atoms with Crippen molar-refractivity contribution in [2.45, 2.75) is 19.4 Å². The molecule has 0 amide bonds. The van der Waals surface area contributed by atoms with Crippen LogP contribution in [0.15, 0.2) is 0 Å². The Morgan fingerprint density at radius 1 is 1.47 bits per heavy atom. The van der Waals surface area contributed by atoms with Gasteiger partial charge in [-0.1, -0.05) is 4.49 Å². The van der Waals surface area contributed by atoms with Crippen molar-refractivity contribution in [3.8, 4) is 0 Å². The molecule has 6 heteroatoms. The zero-order valence-corrected chi connectivity index (χ0v) is 11.3. The summed E-state index contributed by atoms with van der Waals surface area (Å²) in [6.45, 7) is 4.07. The fourth-order valence-corrected chi connectivity index (χ4v) is 2.78. The Balaban J connectivity index is 1.82. The number of anilines is 1. The summed E-state index contributed by atoms with van der Waals surface area (Å²) in [5.74, 6) is 0.730. The predicted octanol–water partition coefficient (Wildman–Crippen LogP) is 1.44. The normalized spacial score (nSPS) is 18.5. The molecule has 1 saturated heterocycles. The largest absolute Gasteiger partial charge is 0.384 e. The van der Waals surface area contributed by atoms with Gasteiger partial charge in [0.25, 0.3) is 0 Å². The van der Waals surface area contributed by atoms with Crippen molar-refractivity contribution in [1.29, 1.82) is 0 Å². The van der Waals surface area contributed by atoms with Crippen LogP contribution < -0.4 is 5.32 Å². The standard InChI is InChI=1S/C11H20N4OS/c1-12-11-10(13-14-17-11)7-15-5-3-9(4-6-15)8-16-2/h9,12H,3-8H2,1-2H3. The second-order valence-electron chi connectivity index (χ2n) is 4.47. The van der Waals surface area contributed by atoms with E-state index >= 15 is 0 Å². The molecule has 1 fully saturated rings. The zero-order chi connectivity index (χ0) is 12.1. The van der Waals surface area contributed by atoms with Crippen molar-refractivity contribution >= 4 is 16.5 Å². The molecule has 1 aromatic rings. The van der Waals surface area contributed by atoms with Crippen LogP contribution in [0.3, 0.4) is 0 Å². The van der Waals surface area contributed by atoms with Gasteiger partial charge in [0.1, 0.15) is 10.7 Å². The summed E-state index contributed by atoms with van der Waals surface area (Å²) in [7, 11) is 3.70. The van der Waals surface area contributed by atoms with Crippen LogP contribution in [-0.2, 0) is 11.3 Å². The molecule has 1 aliphatic rings. The Kier molecular flexibility index (Phi) is 4.70. The number of aromatic nitrogens is 2. The molecule has 17 heavy (non-hydrogen) atoms. The molecular weight excluding hydrogens is 236 g/mol. The number of hydrogen-bond donors (Lipinski definition) is 1. The lowest BCUT2D eigenvalue weighted by atomic mass is 9.98. The highest BCUT2D eigenvalue weighted by atomic mass is 32.1. The van der Waals surface area contributed by atoms with E-state index in [0.717, 1.165) is 42.9 Å². The molecule has 2 heterocycles. The van der Waals surface area contributed by atoms with E-state index in [4.69, 9.17) is 4.74 Å². The molecule has 96 valence electrons. The van der Waals surface area contributed by atoms with Crippen LogP contribution >= 0.6 is 11.5 Å². The summed E-state index contributed by atoms with van der Waals surface area (Å²) in [5, 5.41) is 8.40. The highest BCUT2D eigenvalue weighted by molar-refractivity contribution is 7.10. The zero-order valence-electron chi connectivity index (χ0n) is 10.5. The van der Waals surface area contributed by atoms with Crippen molar-refractivity contribution < 1.29 is 4.74 Å². The van der Waals surface area contributed by atoms with Gasteiger partial charge in [-0.05, 0) is 31.8 Å². The van der Waals surface area contributed by atoms with Crippen LogP contribution in [-0.4, -0.2) is 48.3 Å². The van der Waals surface area contributed by atoms with Crippen LogP contribution in [0, 0.1) is 5.92 Å². The van der Waals surface area contributed by atoms with Gasteiger partial charge in [0.05, 0.1) is 0 Å². The summed E-state index contributed by atoms with van der Waals surface area (Å²) in [4.78, 5) is 2.45. The summed E-state index contributed by atoms with van der Waals surface area (Å²) < 4.78 is 9.20. The van der Waals surface area contributed by atoms with Gasteiger partial charge in [0.2, 0.25) is 0 Å². The van der Waals surface area contributed by atoms with Crippen LogP contribution in [0.5, 0.6) is 0 Å². The number of ether oxygens (including phenoxy) is 1. The molecule has 2 rings (SSSR count). The lowest BCUT2D eigenvalue weighted by Gasteiger charge is -2.31. The Bertz CT molecular complexity index is 336. The highest BCUT2D eigenvalue weighted by Gasteiger charge is 2.20. The molecule has 5 nitrogen and oxygen atoms in total. The molecule has 0 bridgehead atoms. The monoisotopic (exact) mass is 256 g/mol. The van der Waals surface area contributed by atoms with Crippen molar-refractivity contribution in [2.75, 3.05) is 39.2 Å². The summed E-state index contributed by atoms with van der Waals surface area (Å²) in [6, 6.07) is 0. The maximum Gasteiger partial charge on any atom is 0.134 e. The molecule has 0 radical (unpaired) electrons. The number of methoxy groups -OCH3 is 1. The van der Waals surface area contributed by atoms with Gasteiger partial charge in [-0.25, -0.2) is 0 Å². The van der Waals surface area contributed by atoms with E-state index in [-0.39, 0.29) is 0 Å². The summed E-state index contributed by atoms with van der Waals surface area (Å²) >= 11 is 1.43. The molecule has 0 spiro atoms. The third-order valence-electron chi connectivity index (χ3n) is 3.27. The summed E-state index contributed by atoms with van der Waals surface area (Å²) in [5.41, 5.74) is 1.07. The Morgan fingerprint density at radius 3 is 2.88 bits per heavy atom.